The second-order valence-electron chi connectivity index (χ2n) is 9.11. The molecule has 0 bridgehead atoms. The number of nitrogens with one attached hydrogen (secondary N) is 1. The van der Waals surface area contributed by atoms with Gasteiger partial charge >= 0.3 is 0 Å². The molecule has 0 amide bonds. The number of anilines is 1. The van der Waals surface area contributed by atoms with E-state index in [0.29, 0.717) is 29.4 Å². The van der Waals surface area contributed by atoms with Gasteiger partial charge in [0.25, 0.3) is 0 Å². The number of aryl methyl sites for hydroxylation is 1. The predicted octanol–water partition coefficient (Wildman–Crippen LogP) is 5.38. The van der Waals surface area contributed by atoms with Crippen molar-refractivity contribution in [3.8, 4) is 17.2 Å². The summed E-state index contributed by atoms with van der Waals surface area (Å²) in [6.45, 7) is 5.36. The minimum atomic E-state index is -0.225. The van der Waals surface area contributed by atoms with Gasteiger partial charge < -0.3 is 10.2 Å². The summed E-state index contributed by atoms with van der Waals surface area (Å²) < 4.78 is 16.5. The van der Waals surface area contributed by atoms with Crippen LogP contribution in [0.4, 0.5) is 10.3 Å². The first-order valence-electron chi connectivity index (χ1n) is 11.9. The summed E-state index contributed by atoms with van der Waals surface area (Å²) in [6, 6.07) is 13.8. The molecule has 0 aliphatic heterocycles. The van der Waals surface area contributed by atoms with Crippen molar-refractivity contribution in [2.45, 2.75) is 39.7 Å². The van der Waals surface area contributed by atoms with Crippen LogP contribution in [0.3, 0.4) is 0 Å². The third-order valence-electron chi connectivity index (χ3n) is 6.22. The maximum Gasteiger partial charge on any atom is 0.208 e. The number of fused-ring (bicyclic) bond motifs is 1. The number of halogens is 1. The van der Waals surface area contributed by atoms with Gasteiger partial charge in [0.05, 0.1) is 6.20 Å². The number of hydrogen-bond acceptors (Lipinski definition) is 5. The maximum atomic E-state index is 14.7. The highest BCUT2D eigenvalue weighted by atomic mass is 19.1. The Hall–Kier alpha value is -3.76. The number of nitriles is 1. The molecule has 1 N–H and O–H groups in total. The zero-order chi connectivity index (χ0) is 24.9. The average Bonchev–Trinajstić information content (AvgIpc) is 3.30. The second kappa shape index (κ2) is 10.7. The molecule has 2 heterocycles. The van der Waals surface area contributed by atoms with E-state index >= 15 is 0 Å². The van der Waals surface area contributed by atoms with E-state index in [9.17, 15) is 9.65 Å². The van der Waals surface area contributed by atoms with E-state index in [1.165, 1.54) is 11.6 Å². The molecule has 6 nitrogen and oxygen atoms in total. The summed E-state index contributed by atoms with van der Waals surface area (Å²) in [5.74, 6) is 0.294. The Morgan fingerprint density at radius 1 is 1.14 bits per heavy atom. The van der Waals surface area contributed by atoms with Crippen molar-refractivity contribution in [1.82, 2.24) is 19.3 Å². The van der Waals surface area contributed by atoms with E-state index < -0.39 is 0 Å². The number of aromatic nitrogens is 3. The first-order chi connectivity index (χ1) is 16.9. The van der Waals surface area contributed by atoms with Gasteiger partial charge in [-0.05, 0) is 62.2 Å². The van der Waals surface area contributed by atoms with E-state index in [1.54, 1.807) is 16.8 Å². The Balaban J connectivity index is 1.70. The van der Waals surface area contributed by atoms with E-state index in [4.69, 9.17) is 0 Å². The summed E-state index contributed by atoms with van der Waals surface area (Å²) in [4.78, 5) is 11.4. The summed E-state index contributed by atoms with van der Waals surface area (Å²) in [6.07, 6.45) is 6.13. The topological polar surface area (TPSA) is 69.2 Å². The average molecular weight is 471 g/mol. The van der Waals surface area contributed by atoms with Crippen LogP contribution in [0.15, 0.2) is 48.8 Å². The lowest BCUT2D eigenvalue weighted by atomic mass is 9.97. The molecule has 0 spiro atoms. The van der Waals surface area contributed by atoms with Crippen LogP contribution in [0.2, 0.25) is 0 Å². The molecule has 4 rings (SSSR count). The van der Waals surface area contributed by atoms with Gasteiger partial charge in [-0.2, -0.15) is 5.26 Å². The Kier molecular flexibility index (Phi) is 7.42. The summed E-state index contributed by atoms with van der Waals surface area (Å²) >= 11 is 0. The minimum Gasteiger partial charge on any atom is -0.351 e. The third kappa shape index (κ3) is 5.33. The normalized spacial score (nSPS) is 11.2. The molecule has 0 aliphatic carbocycles. The van der Waals surface area contributed by atoms with Gasteiger partial charge in [0, 0.05) is 30.4 Å². The fraction of sp³-hybridized carbons (Fsp3) is 0.321. The molecule has 0 saturated heterocycles. The van der Waals surface area contributed by atoms with Gasteiger partial charge in [-0.3, -0.25) is 4.40 Å². The number of imidazole rings is 1. The molecule has 35 heavy (non-hydrogen) atoms. The Bertz CT molecular complexity index is 1380. The second-order valence-corrected chi connectivity index (χ2v) is 9.11. The van der Waals surface area contributed by atoms with Gasteiger partial charge in [0.2, 0.25) is 5.95 Å². The van der Waals surface area contributed by atoms with Crippen molar-refractivity contribution in [3.63, 3.8) is 0 Å². The summed E-state index contributed by atoms with van der Waals surface area (Å²) in [5.41, 5.74) is 6.78. The molecule has 180 valence electrons. The molecular formula is C28H31FN6. The molecule has 7 heteroatoms. The number of nitrogens with zero attached hydrogens (tertiary/aromatic N) is 5. The van der Waals surface area contributed by atoms with E-state index in [2.05, 4.69) is 59.4 Å². The standard InChI is InChI=1S/C28H31FN6/c1-5-7-23-19(2)10-11-26(29)25(23)17-32-28-31-16-24(27-33-22(15-30)18-35(27)28)21-9-6-8-20(14-21)12-13-34(3)4/h6,8-11,14,16,18H,5,7,12-13,17H2,1-4H3,(H,31,32). The van der Waals surface area contributed by atoms with Gasteiger partial charge in [-0.25, -0.2) is 14.4 Å². The van der Waals surface area contributed by atoms with Crippen molar-refractivity contribution >= 4 is 11.6 Å². The Morgan fingerprint density at radius 3 is 2.71 bits per heavy atom. The van der Waals surface area contributed by atoms with Crippen LogP contribution >= 0.6 is 0 Å². The van der Waals surface area contributed by atoms with Crippen LogP contribution in [-0.4, -0.2) is 39.9 Å². The molecule has 2 aromatic carbocycles. The number of benzene rings is 2. The van der Waals surface area contributed by atoms with Crippen LogP contribution in [0.25, 0.3) is 16.8 Å². The Labute approximate surface area is 206 Å². The van der Waals surface area contributed by atoms with Gasteiger partial charge in [-0.15, -0.1) is 0 Å². The van der Waals surface area contributed by atoms with E-state index in [0.717, 1.165) is 48.1 Å². The first kappa shape index (κ1) is 24.4. The lowest BCUT2D eigenvalue weighted by Gasteiger charge is -2.16. The number of rotatable bonds is 9. The quantitative estimate of drug-likeness (QED) is 0.355. The summed E-state index contributed by atoms with van der Waals surface area (Å²) in [5, 5.41) is 12.8. The first-order valence-corrected chi connectivity index (χ1v) is 11.9. The molecule has 2 aromatic heterocycles. The zero-order valence-corrected chi connectivity index (χ0v) is 20.8. The lowest BCUT2D eigenvalue weighted by molar-refractivity contribution is 0.413. The van der Waals surface area contributed by atoms with Gasteiger partial charge in [-0.1, -0.05) is 43.7 Å². The fourth-order valence-corrected chi connectivity index (χ4v) is 4.35. The van der Waals surface area contributed by atoms with Crippen molar-refractivity contribution in [2.75, 3.05) is 26.0 Å². The van der Waals surface area contributed by atoms with Crippen molar-refractivity contribution in [3.05, 3.63) is 82.6 Å². The Morgan fingerprint density at radius 2 is 1.97 bits per heavy atom. The molecule has 0 atom stereocenters. The van der Waals surface area contributed by atoms with Crippen LogP contribution in [0, 0.1) is 24.1 Å². The predicted molar refractivity (Wildman–Crippen MR) is 138 cm³/mol. The lowest BCUT2D eigenvalue weighted by Crippen LogP contribution is -2.15. The van der Waals surface area contributed by atoms with Crippen molar-refractivity contribution < 1.29 is 4.39 Å². The SMILES string of the molecule is CCCc1c(C)ccc(F)c1CNc1ncc(-c2cccc(CCN(C)C)c2)c2nc(C#N)cn12. The van der Waals surface area contributed by atoms with Crippen LogP contribution in [0.1, 0.15) is 41.3 Å². The smallest absolute Gasteiger partial charge is 0.208 e. The highest BCUT2D eigenvalue weighted by Crippen LogP contribution is 2.28. The molecule has 0 fully saturated rings. The molecule has 0 unspecified atom stereocenters. The maximum absolute atomic E-state index is 14.7. The van der Waals surface area contributed by atoms with E-state index in [1.807, 2.05) is 25.1 Å². The minimum absolute atomic E-state index is 0.225. The van der Waals surface area contributed by atoms with Crippen LogP contribution < -0.4 is 5.32 Å². The van der Waals surface area contributed by atoms with Crippen molar-refractivity contribution in [1.29, 1.82) is 5.26 Å². The van der Waals surface area contributed by atoms with Crippen LogP contribution in [0.5, 0.6) is 0 Å². The fourth-order valence-electron chi connectivity index (χ4n) is 4.35. The molecule has 0 radical (unpaired) electrons. The van der Waals surface area contributed by atoms with Gasteiger partial charge in [0.1, 0.15) is 11.9 Å². The van der Waals surface area contributed by atoms with E-state index in [-0.39, 0.29) is 5.82 Å². The van der Waals surface area contributed by atoms with Crippen LogP contribution in [-0.2, 0) is 19.4 Å². The van der Waals surface area contributed by atoms with Gasteiger partial charge in [0.15, 0.2) is 11.3 Å². The largest absolute Gasteiger partial charge is 0.351 e. The monoisotopic (exact) mass is 470 g/mol. The summed E-state index contributed by atoms with van der Waals surface area (Å²) in [7, 11) is 4.12. The molecular weight excluding hydrogens is 439 g/mol. The number of likely N-dealkylation sites (N-methyl/N-ethyl adjacent to an activating group) is 1. The molecule has 0 aliphatic rings. The highest BCUT2D eigenvalue weighted by molar-refractivity contribution is 5.78. The highest BCUT2D eigenvalue weighted by Gasteiger charge is 2.16. The third-order valence-corrected chi connectivity index (χ3v) is 6.22. The molecule has 4 aromatic rings. The van der Waals surface area contributed by atoms with Crippen molar-refractivity contribution in [2.24, 2.45) is 0 Å². The molecule has 0 saturated carbocycles. The number of hydrogen-bond donors (Lipinski definition) is 1. The zero-order valence-electron chi connectivity index (χ0n) is 20.8.